The zero-order valence-electron chi connectivity index (χ0n) is 17.2. The molecule has 0 atom stereocenters. The van der Waals surface area contributed by atoms with Crippen LogP contribution in [0.15, 0.2) is 23.3 Å². The van der Waals surface area contributed by atoms with Gasteiger partial charge in [0.05, 0.1) is 5.69 Å². The minimum Gasteiger partial charge on any atom is -0.356 e. The quantitative estimate of drug-likeness (QED) is 0.672. The molecule has 0 aromatic carbocycles. The number of hydrogen-bond donors (Lipinski definition) is 3. The molecule has 2 aromatic heterocycles. The second kappa shape index (κ2) is 7.82. The number of aromatic nitrogens is 3. The summed E-state index contributed by atoms with van der Waals surface area (Å²) in [4.78, 5) is 29.5. The van der Waals surface area contributed by atoms with E-state index in [4.69, 9.17) is 9.97 Å². The molecule has 0 fully saturated rings. The molecule has 7 nitrogen and oxygen atoms in total. The molecule has 31 heavy (non-hydrogen) atoms. The van der Waals surface area contributed by atoms with E-state index in [0.29, 0.717) is 31.0 Å². The van der Waals surface area contributed by atoms with Crippen LogP contribution in [-0.4, -0.2) is 45.7 Å². The van der Waals surface area contributed by atoms with Crippen molar-refractivity contribution in [3.8, 4) is 0 Å². The maximum atomic E-state index is 12.5. The maximum absolute atomic E-state index is 12.5. The predicted octanol–water partition coefficient (Wildman–Crippen LogP) is 1.86. The van der Waals surface area contributed by atoms with Gasteiger partial charge < -0.3 is 15.6 Å². The van der Waals surface area contributed by atoms with E-state index in [-0.39, 0.29) is 0 Å². The van der Waals surface area contributed by atoms with Crippen molar-refractivity contribution in [3.63, 3.8) is 0 Å². The van der Waals surface area contributed by atoms with Gasteiger partial charge in [-0.1, -0.05) is 6.08 Å². The van der Waals surface area contributed by atoms with Crippen molar-refractivity contribution in [3.05, 3.63) is 46.1 Å². The first-order valence-electron chi connectivity index (χ1n) is 10.1. The summed E-state index contributed by atoms with van der Waals surface area (Å²) >= 11 is 0. The van der Waals surface area contributed by atoms with Crippen LogP contribution in [0, 0.1) is 0 Å². The lowest BCUT2D eigenvalue weighted by molar-refractivity contribution is -0.140. The standard InChI is InChI=1S/C21H23F3N6O/c1-20(2,19(31)27-11-21(22,23)24)30-18-14-5-3-4-6-15(14)28-17(29-18)13-8-10-26-16-12(13)7-9-25-16/h4,6-7,9H,3,5,8,10-11H2,1-2H3,(H,25,26)(H,27,31)(H,28,29,30). The summed E-state index contributed by atoms with van der Waals surface area (Å²) in [6.07, 6.45) is 3.41. The Kier molecular flexibility index (Phi) is 5.32. The molecule has 0 saturated carbocycles. The summed E-state index contributed by atoms with van der Waals surface area (Å²) in [6.45, 7) is 2.28. The van der Waals surface area contributed by atoms with Gasteiger partial charge in [-0.2, -0.15) is 13.2 Å². The molecule has 4 rings (SSSR count). The van der Waals surface area contributed by atoms with Gasteiger partial charge in [-0.25, -0.2) is 9.97 Å². The largest absolute Gasteiger partial charge is 0.405 e. The van der Waals surface area contributed by atoms with Crippen molar-refractivity contribution >= 4 is 23.4 Å². The van der Waals surface area contributed by atoms with E-state index in [0.717, 1.165) is 34.0 Å². The Hall–Kier alpha value is -3.17. The molecule has 0 radical (unpaired) electrons. The van der Waals surface area contributed by atoms with Gasteiger partial charge in [0, 0.05) is 29.1 Å². The third-order valence-corrected chi connectivity index (χ3v) is 5.28. The van der Waals surface area contributed by atoms with E-state index in [1.807, 2.05) is 29.7 Å². The van der Waals surface area contributed by atoms with Gasteiger partial charge in [-0.3, -0.25) is 9.79 Å². The summed E-state index contributed by atoms with van der Waals surface area (Å²) in [7, 11) is 0. The Morgan fingerprint density at radius 1 is 1.23 bits per heavy atom. The minimum atomic E-state index is -4.48. The first kappa shape index (κ1) is 21.1. The molecule has 0 saturated heterocycles. The third-order valence-electron chi connectivity index (χ3n) is 5.28. The van der Waals surface area contributed by atoms with Crippen LogP contribution in [0.3, 0.4) is 0 Å². The van der Waals surface area contributed by atoms with Crippen molar-refractivity contribution in [1.82, 2.24) is 20.3 Å². The molecule has 1 amide bonds. The molecule has 10 heteroatoms. The topological polar surface area (TPSA) is 95.1 Å². The Morgan fingerprint density at radius 3 is 2.81 bits per heavy atom. The molecule has 1 aliphatic carbocycles. The molecular formula is C21H23F3N6O. The highest BCUT2D eigenvalue weighted by Gasteiger charge is 2.34. The number of nitrogens with one attached hydrogen (secondary N) is 3. The number of H-pyrrole nitrogens is 1. The summed E-state index contributed by atoms with van der Waals surface area (Å²) in [5.41, 5.74) is 2.00. The van der Waals surface area contributed by atoms with Gasteiger partial charge in [-0.15, -0.1) is 0 Å². The van der Waals surface area contributed by atoms with Crippen molar-refractivity contribution < 1.29 is 18.0 Å². The van der Waals surface area contributed by atoms with E-state index < -0.39 is 24.2 Å². The molecule has 2 aromatic rings. The lowest BCUT2D eigenvalue weighted by atomic mass is 9.99. The van der Waals surface area contributed by atoms with Gasteiger partial charge in [0.15, 0.2) is 5.82 Å². The van der Waals surface area contributed by atoms with E-state index in [2.05, 4.69) is 15.3 Å². The predicted molar refractivity (Wildman–Crippen MR) is 110 cm³/mol. The van der Waals surface area contributed by atoms with Gasteiger partial charge in [0.25, 0.3) is 0 Å². The second-order valence-electron chi connectivity index (χ2n) is 8.10. The number of anilines is 1. The van der Waals surface area contributed by atoms with Crippen LogP contribution in [-0.2, 0) is 11.2 Å². The van der Waals surface area contributed by atoms with Crippen LogP contribution >= 0.6 is 0 Å². The minimum absolute atomic E-state index is 0.462. The number of amides is 1. The second-order valence-corrected chi connectivity index (χ2v) is 8.10. The molecule has 2 aliphatic rings. The number of halogens is 3. The van der Waals surface area contributed by atoms with E-state index in [1.54, 1.807) is 0 Å². The monoisotopic (exact) mass is 432 g/mol. The Bertz CT molecular complexity index is 1160. The van der Waals surface area contributed by atoms with E-state index in [9.17, 15) is 18.0 Å². The van der Waals surface area contributed by atoms with Crippen molar-refractivity contribution in [2.24, 2.45) is 4.99 Å². The number of aromatic amines is 1. The average Bonchev–Trinajstić information content (AvgIpc) is 3.20. The normalized spacial score (nSPS) is 15.7. The Balaban J connectivity index is 1.72. The molecule has 3 heterocycles. The highest BCUT2D eigenvalue weighted by molar-refractivity contribution is 5.88. The van der Waals surface area contributed by atoms with Gasteiger partial charge in [0.1, 0.15) is 23.4 Å². The maximum Gasteiger partial charge on any atom is 0.405 e. The van der Waals surface area contributed by atoms with E-state index >= 15 is 0 Å². The summed E-state index contributed by atoms with van der Waals surface area (Å²) in [5.74, 6) is 0.223. The van der Waals surface area contributed by atoms with Gasteiger partial charge >= 0.3 is 6.18 Å². The lowest BCUT2D eigenvalue weighted by Gasteiger charge is -2.28. The zero-order chi connectivity index (χ0) is 22.2. The summed E-state index contributed by atoms with van der Waals surface area (Å²) < 4.78 is 37.6. The molecule has 0 bridgehead atoms. The van der Waals surface area contributed by atoms with E-state index in [1.165, 1.54) is 13.8 Å². The molecule has 0 spiro atoms. The van der Waals surface area contributed by atoms with Crippen LogP contribution in [0.4, 0.5) is 19.0 Å². The Morgan fingerprint density at radius 2 is 2.03 bits per heavy atom. The van der Waals surface area contributed by atoms with Gasteiger partial charge in [-0.05, 0) is 45.3 Å². The lowest BCUT2D eigenvalue weighted by Crippen LogP contribution is -2.50. The van der Waals surface area contributed by atoms with Crippen LogP contribution in [0.2, 0.25) is 0 Å². The smallest absolute Gasteiger partial charge is 0.356 e. The fourth-order valence-electron chi connectivity index (χ4n) is 3.68. The highest BCUT2D eigenvalue weighted by atomic mass is 19.4. The molecular weight excluding hydrogens is 409 g/mol. The molecule has 3 N–H and O–H groups in total. The number of fused-ring (bicyclic) bond motifs is 2. The van der Waals surface area contributed by atoms with Crippen LogP contribution < -0.4 is 21.3 Å². The number of rotatable bonds is 5. The zero-order valence-corrected chi connectivity index (χ0v) is 17.2. The fourth-order valence-corrected chi connectivity index (χ4v) is 3.68. The number of carbonyl (C=O) groups is 1. The SMILES string of the molecule is CC(C)(Nc1nc(C2=c3cc[nH]c3=NCC2)nc2c1CCC=C2)C(=O)NCC(F)(F)F. The van der Waals surface area contributed by atoms with Crippen LogP contribution in [0.5, 0.6) is 0 Å². The highest BCUT2D eigenvalue weighted by Crippen LogP contribution is 2.28. The van der Waals surface area contributed by atoms with Crippen LogP contribution in [0.1, 0.15) is 43.8 Å². The molecule has 1 aliphatic heterocycles. The molecule has 164 valence electrons. The van der Waals surface area contributed by atoms with Crippen molar-refractivity contribution in [2.75, 3.05) is 18.4 Å². The first-order chi connectivity index (χ1) is 14.6. The third kappa shape index (κ3) is 4.47. The number of carbonyl (C=O) groups excluding carboxylic acids is 1. The van der Waals surface area contributed by atoms with Crippen molar-refractivity contribution in [1.29, 1.82) is 0 Å². The average molecular weight is 432 g/mol. The Labute approximate surface area is 176 Å². The fraction of sp³-hybridized carbons (Fsp3) is 0.429. The molecule has 0 unspecified atom stereocenters. The first-order valence-corrected chi connectivity index (χ1v) is 10.1. The number of hydrogen-bond acceptors (Lipinski definition) is 5. The number of allylic oxidation sites excluding steroid dienone is 1. The summed E-state index contributed by atoms with van der Waals surface area (Å²) in [5, 5.41) is 5.95. The van der Waals surface area contributed by atoms with Crippen molar-refractivity contribution in [2.45, 2.75) is 44.8 Å². The summed E-state index contributed by atoms with van der Waals surface area (Å²) in [6, 6.07) is 1.92. The number of nitrogens with zero attached hydrogens (tertiary/aromatic N) is 3. The van der Waals surface area contributed by atoms with Crippen LogP contribution in [0.25, 0.3) is 11.6 Å². The van der Waals surface area contributed by atoms with Gasteiger partial charge in [0.2, 0.25) is 5.91 Å². The number of alkyl halides is 3.